The molecule has 3 aromatic carbocycles. The zero-order valence-corrected chi connectivity index (χ0v) is 16.8. The normalized spacial score (nSPS) is 11.8. The number of amidine groups is 1. The van der Waals surface area contributed by atoms with Gasteiger partial charge >= 0.3 is 0 Å². The van der Waals surface area contributed by atoms with E-state index >= 15 is 0 Å². The lowest BCUT2D eigenvalue weighted by Crippen LogP contribution is -2.11. The summed E-state index contributed by atoms with van der Waals surface area (Å²) in [6, 6.07) is 14.5. The number of rotatable bonds is 5. The molecule has 5 nitrogen and oxygen atoms in total. The van der Waals surface area contributed by atoms with E-state index in [1.165, 1.54) is 10.9 Å². The molecule has 0 bridgehead atoms. The Hall–Kier alpha value is -3.18. The number of hydrogen-bond acceptors (Lipinski definition) is 2. The third kappa shape index (κ3) is 2.98. The molecule has 0 saturated heterocycles. The van der Waals surface area contributed by atoms with Crippen LogP contribution in [-0.2, 0) is 0 Å². The number of benzene rings is 3. The third-order valence-electron chi connectivity index (χ3n) is 5.37. The van der Waals surface area contributed by atoms with Gasteiger partial charge in [-0.1, -0.05) is 23.2 Å². The summed E-state index contributed by atoms with van der Waals surface area (Å²) in [5, 5.41) is 12.6. The van der Waals surface area contributed by atoms with Crippen molar-refractivity contribution in [3.05, 3.63) is 53.1 Å². The van der Waals surface area contributed by atoms with Crippen molar-refractivity contribution < 1.29 is 4.74 Å². The van der Waals surface area contributed by atoms with Crippen molar-refractivity contribution in [3.8, 4) is 5.75 Å². The second-order valence-electron chi connectivity index (χ2n) is 7.52. The van der Waals surface area contributed by atoms with Crippen LogP contribution in [0.5, 0.6) is 5.75 Å². The molecule has 5 aromatic rings. The van der Waals surface area contributed by atoms with Gasteiger partial charge in [-0.3, -0.25) is 5.41 Å². The standard InChI is InChI=1S/C23H21ClN4O/c1-12-4-6-18-14(9-12)16-11-17-15-10-13(24)5-7-19(15)28-22(17)23(21(16)27-18)29-8-2-3-20(25)26/h4-7,9-11,27-28H,2-3,8H2,1H3,(H3,25,26). The first-order valence-electron chi connectivity index (χ1n) is 9.63. The number of H-pyrrole nitrogens is 2. The molecule has 0 fully saturated rings. The Labute approximate surface area is 172 Å². The van der Waals surface area contributed by atoms with E-state index in [9.17, 15) is 0 Å². The average molecular weight is 405 g/mol. The highest BCUT2D eigenvalue weighted by Crippen LogP contribution is 2.41. The van der Waals surface area contributed by atoms with Crippen LogP contribution in [0.3, 0.4) is 0 Å². The van der Waals surface area contributed by atoms with Crippen LogP contribution in [0.2, 0.25) is 5.02 Å². The lowest BCUT2D eigenvalue weighted by Gasteiger charge is -2.09. The van der Waals surface area contributed by atoms with E-state index in [-0.39, 0.29) is 5.84 Å². The SMILES string of the molecule is Cc1ccc2[nH]c3c(OCCCC(=N)N)c4[nH]c5ccc(Cl)cc5c4cc3c2c1. The quantitative estimate of drug-likeness (QED) is 0.164. The minimum Gasteiger partial charge on any atom is -0.489 e. The van der Waals surface area contributed by atoms with Crippen molar-refractivity contribution in [3.63, 3.8) is 0 Å². The predicted octanol–water partition coefficient (Wildman–Crippen LogP) is 6.01. The van der Waals surface area contributed by atoms with Crippen molar-refractivity contribution in [1.82, 2.24) is 9.97 Å². The summed E-state index contributed by atoms with van der Waals surface area (Å²) in [7, 11) is 0. The molecule has 6 heteroatoms. The maximum Gasteiger partial charge on any atom is 0.167 e. The molecule has 0 amide bonds. The van der Waals surface area contributed by atoms with Gasteiger partial charge in [-0.05, 0) is 49.7 Å². The summed E-state index contributed by atoms with van der Waals surface area (Å²) in [6.45, 7) is 2.58. The fraction of sp³-hybridized carbons (Fsp3) is 0.174. The second kappa shape index (κ2) is 6.71. The smallest absolute Gasteiger partial charge is 0.167 e. The van der Waals surface area contributed by atoms with Crippen molar-refractivity contribution >= 4 is 61.0 Å². The number of aromatic nitrogens is 2. The van der Waals surface area contributed by atoms with Crippen molar-refractivity contribution in [2.45, 2.75) is 19.8 Å². The van der Waals surface area contributed by atoms with Crippen LogP contribution in [0.1, 0.15) is 18.4 Å². The average Bonchev–Trinajstić information content (AvgIpc) is 3.22. The molecule has 29 heavy (non-hydrogen) atoms. The van der Waals surface area contributed by atoms with E-state index in [1.807, 2.05) is 18.2 Å². The minimum atomic E-state index is 0.179. The second-order valence-corrected chi connectivity index (χ2v) is 7.95. The zero-order chi connectivity index (χ0) is 20.1. The first-order valence-corrected chi connectivity index (χ1v) is 10.0. The number of aryl methyl sites for hydroxylation is 1. The molecule has 0 saturated carbocycles. The maximum absolute atomic E-state index is 7.42. The van der Waals surface area contributed by atoms with Crippen LogP contribution in [-0.4, -0.2) is 22.4 Å². The molecule has 0 atom stereocenters. The third-order valence-corrected chi connectivity index (χ3v) is 5.61. The number of fused-ring (bicyclic) bond motifs is 6. The summed E-state index contributed by atoms with van der Waals surface area (Å²) >= 11 is 6.28. The Bertz CT molecular complexity index is 1320. The van der Waals surface area contributed by atoms with Gasteiger partial charge < -0.3 is 20.4 Å². The fourth-order valence-corrected chi connectivity index (χ4v) is 4.19. The molecule has 5 rings (SSSR count). The number of halogens is 1. The van der Waals surface area contributed by atoms with Gasteiger partial charge in [0.15, 0.2) is 5.75 Å². The van der Waals surface area contributed by atoms with Gasteiger partial charge in [0.2, 0.25) is 0 Å². The zero-order valence-electron chi connectivity index (χ0n) is 16.0. The molecular formula is C23H21ClN4O. The highest BCUT2D eigenvalue weighted by atomic mass is 35.5. The van der Waals surface area contributed by atoms with E-state index in [2.05, 4.69) is 41.2 Å². The van der Waals surface area contributed by atoms with Gasteiger partial charge in [-0.15, -0.1) is 0 Å². The van der Waals surface area contributed by atoms with Crippen LogP contribution >= 0.6 is 11.6 Å². The van der Waals surface area contributed by atoms with E-state index in [0.717, 1.165) is 44.0 Å². The first-order chi connectivity index (χ1) is 14.0. The molecule has 0 aliphatic carbocycles. The Kier molecular flexibility index (Phi) is 4.14. The molecule has 0 aliphatic rings. The fourth-order valence-electron chi connectivity index (χ4n) is 4.02. The van der Waals surface area contributed by atoms with E-state index in [0.29, 0.717) is 24.5 Å². The van der Waals surface area contributed by atoms with E-state index in [4.69, 9.17) is 27.5 Å². The molecular weight excluding hydrogens is 384 g/mol. The monoisotopic (exact) mass is 404 g/mol. The Morgan fingerprint density at radius 3 is 2.31 bits per heavy atom. The molecule has 146 valence electrons. The lowest BCUT2D eigenvalue weighted by molar-refractivity contribution is 0.319. The highest BCUT2D eigenvalue weighted by molar-refractivity contribution is 6.32. The Morgan fingerprint density at radius 2 is 1.62 bits per heavy atom. The number of nitrogens with two attached hydrogens (primary N) is 1. The van der Waals surface area contributed by atoms with Crippen LogP contribution in [0.25, 0.3) is 43.6 Å². The van der Waals surface area contributed by atoms with Gasteiger partial charge in [0.25, 0.3) is 0 Å². The van der Waals surface area contributed by atoms with E-state index < -0.39 is 0 Å². The van der Waals surface area contributed by atoms with Gasteiger partial charge in [0.1, 0.15) is 0 Å². The summed E-state index contributed by atoms with van der Waals surface area (Å²) in [5.41, 5.74) is 10.7. The van der Waals surface area contributed by atoms with Crippen LogP contribution in [0.4, 0.5) is 0 Å². The summed E-state index contributed by atoms with van der Waals surface area (Å²) < 4.78 is 6.25. The van der Waals surface area contributed by atoms with Crippen LogP contribution < -0.4 is 10.5 Å². The molecule has 0 aliphatic heterocycles. The largest absolute Gasteiger partial charge is 0.489 e. The molecule has 5 N–H and O–H groups in total. The lowest BCUT2D eigenvalue weighted by atomic mass is 10.1. The first kappa shape index (κ1) is 17.9. The molecule has 2 aromatic heterocycles. The molecule has 0 radical (unpaired) electrons. The van der Waals surface area contributed by atoms with Crippen molar-refractivity contribution in [1.29, 1.82) is 5.41 Å². The van der Waals surface area contributed by atoms with Crippen LogP contribution in [0.15, 0.2) is 42.5 Å². The highest BCUT2D eigenvalue weighted by Gasteiger charge is 2.17. The number of ether oxygens (including phenoxy) is 1. The minimum absolute atomic E-state index is 0.179. The van der Waals surface area contributed by atoms with E-state index in [1.54, 1.807) is 0 Å². The summed E-state index contributed by atoms with van der Waals surface area (Å²) in [6.07, 6.45) is 1.21. The van der Waals surface area contributed by atoms with Gasteiger partial charge in [0.05, 0.1) is 23.5 Å². The topological polar surface area (TPSA) is 90.7 Å². The summed E-state index contributed by atoms with van der Waals surface area (Å²) in [5.74, 6) is 0.973. The van der Waals surface area contributed by atoms with Crippen molar-refractivity contribution in [2.24, 2.45) is 5.73 Å². The Morgan fingerprint density at radius 1 is 0.966 bits per heavy atom. The van der Waals surface area contributed by atoms with Crippen LogP contribution in [0, 0.1) is 12.3 Å². The predicted molar refractivity (Wildman–Crippen MR) is 122 cm³/mol. The summed E-state index contributed by atoms with van der Waals surface area (Å²) in [4.78, 5) is 7.03. The maximum atomic E-state index is 7.42. The number of hydrogen-bond donors (Lipinski definition) is 4. The van der Waals surface area contributed by atoms with Crippen molar-refractivity contribution in [2.75, 3.05) is 6.61 Å². The van der Waals surface area contributed by atoms with Gasteiger partial charge in [0, 0.05) is 44.0 Å². The molecule has 2 heterocycles. The van der Waals surface area contributed by atoms with Gasteiger partial charge in [-0.2, -0.15) is 0 Å². The van der Waals surface area contributed by atoms with Gasteiger partial charge in [-0.25, -0.2) is 0 Å². The number of nitrogens with one attached hydrogen (secondary N) is 3. The molecule has 0 spiro atoms. The Balaban J connectivity index is 1.79. The molecule has 0 unspecified atom stereocenters. The number of aromatic amines is 2.